The van der Waals surface area contributed by atoms with Crippen molar-refractivity contribution >= 4 is 35.1 Å². The molecule has 1 aliphatic heterocycles. The Morgan fingerprint density at radius 3 is 2.68 bits per heavy atom. The van der Waals surface area contributed by atoms with E-state index in [4.69, 9.17) is 30.2 Å². The number of nitrogens with zero attached hydrogens (tertiary/aromatic N) is 4. The van der Waals surface area contributed by atoms with E-state index in [2.05, 4.69) is 26.0 Å². The molecule has 11 heteroatoms. The lowest BCUT2D eigenvalue weighted by Crippen LogP contribution is -2.08. The second-order valence-corrected chi connectivity index (χ2v) is 9.41. The number of nitrogens with one attached hydrogen (secondary N) is 1. The van der Waals surface area contributed by atoms with Gasteiger partial charge in [-0.15, -0.1) is 10.2 Å². The average Bonchev–Trinajstić information content (AvgIpc) is 3.62. The van der Waals surface area contributed by atoms with Crippen LogP contribution in [0.5, 0.6) is 11.5 Å². The van der Waals surface area contributed by atoms with E-state index in [0.29, 0.717) is 53.0 Å². The van der Waals surface area contributed by atoms with Crippen LogP contribution in [0.25, 0.3) is 22.8 Å². The summed E-state index contributed by atoms with van der Waals surface area (Å²) in [5.74, 6) is 3.55. The molecule has 0 aliphatic carbocycles. The van der Waals surface area contributed by atoms with E-state index in [0.717, 1.165) is 29.9 Å². The fourth-order valence-electron chi connectivity index (χ4n) is 4.16. The fourth-order valence-corrected chi connectivity index (χ4v) is 4.98. The lowest BCUT2D eigenvalue weighted by atomic mass is 9.99. The first-order valence-electron chi connectivity index (χ1n) is 11.7. The first-order valence-corrected chi connectivity index (χ1v) is 13.1. The Morgan fingerprint density at radius 1 is 1.14 bits per heavy atom. The van der Waals surface area contributed by atoms with Crippen molar-refractivity contribution < 1.29 is 18.6 Å². The Bertz CT molecular complexity index is 1370. The van der Waals surface area contributed by atoms with Crippen molar-refractivity contribution in [2.45, 2.75) is 12.8 Å². The standard InChI is InChI=1S/C26H26ClN5O4S/c1-33-21-5-3-6-22(34-2)24(21)32-25(23-7-4-11-36-23)29-30-26(32)31-37-14-10-20-19(15-18(27)16-28-20)17-8-12-35-13-9-17/h3-8,11,15-16H,9-10,12-14H2,1-2H3,(H,30,31). The van der Waals surface area contributed by atoms with Gasteiger partial charge in [-0.1, -0.05) is 23.7 Å². The SMILES string of the molecule is COc1cccc(OC)c1-n1c(NSCCc2ncc(Cl)cc2C2=CCOCC2)nnc1-c1ccco1. The highest BCUT2D eigenvalue weighted by molar-refractivity contribution is 8.00. The van der Waals surface area contributed by atoms with Crippen molar-refractivity contribution in [2.75, 3.05) is 37.9 Å². The van der Waals surface area contributed by atoms with Gasteiger partial charge in [-0.2, -0.15) is 0 Å². The summed E-state index contributed by atoms with van der Waals surface area (Å²) >= 11 is 7.77. The normalized spacial score (nSPS) is 13.3. The maximum absolute atomic E-state index is 6.26. The monoisotopic (exact) mass is 539 g/mol. The molecule has 1 aliphatic rings. The maximum atomic E-state index is 6.26. The zero-order valence-electron chi connectivity index (χ0n) is 20.4. The number of anilines is 1. The molecule has 0 unspecified atom stereocenters. The zero-order chi connectivity index (χ0) is 25.6. The molecule has 192 valence electrons. The highest BCUT2D eigenvalue weighted by Gasteiger charge is 2.23. The molecule has 4 aromatic rings. The molecule has 5 rings (SSSR count). The molecule has 0 fully saturated rings. The van der Waals surface area contributed by atoms with E-state index in [9.17, 15) is 0 Å². The highest BCUT2D eigenvalue weighted by Crippen LogP contribution is 2.38. The van der Waals surface area contributed by atoms with E-state index < -0.39 is 0 Å². The van der Waals surface area contributed by atoms with Crippen LogP contribution < -0.4 is 14.2 Å². The molecule has 0 radical (unpaired) electrons. The number of methoxy groups -OCH3 is 2. The van der Waals surface area contributed by atoms with Gasteiger partial charge in [-0.05, 0) is 54.3 Å². The van der Waals surface area contributed by atoms with Gasteiger partial charge < -0.3 is 18.6 Å². The third-order valence-corrected chi connectivity index (χ3v) is 6.82. The van der Waals surface area contributed by atoms with Crippen molar-refractivity contribution in [2.24, 2.45) is 0 Å². The maximum Gasteiger partial charge on any atom is 0.239 e. The quantitative estimate of drug-likeness (QED) is 0.201. The van der Waals surface area contributed by atoms with Gasteiger partial charge in [0.15, 0.2) is 5.76 Å². The minimum atomic E-state index is 0.510. The molecule has 0 atom stereocenters. The molecule has 0 amide bonds. The van der Waals surface area contributed by atoms with Gasteiger partial charge in [0.05, 0.1) is 38.7 Å². The lowest BCUT2D eigenvalue weighted by molar-refractivity contribution is 0.161. The largest absolute Gasteiger partial charge is 0.494 e. The Kier molecular flexibility index (Phi) is 7.98. The molecule has 3 aromatic heterocycles. The third kappa shape index (κ3) is 5.46. The average molecular weight is 540 g/mol. The number of rotatable bonds is 10. The van der Waals surface area contributed by atoms with Crippen molar-refractivity contribution in [3.05, 3.63) is 71.2 Å². The second kappa shape index (κ2) is 11.7. The van der Waals surface area contributed by atoms with Crippen molar-refractivity contribution in [1.29, 1.82) is 0 Å². The minimum Gasteiger partial charge on any atom is -0.494 e. The van der Waals surface area contributed by atoms with Gasteiger partial charge in [0.1, 0.15) is 17.2 Å². The van der Waals surface area contributed by atoms with Gasteiger partial charge in [-0.25, -0.2) is 0 Å². The van der Waals surface area contributed by atoms with Gasteiger partial charge in [0, 0.05) is 29.6 Å². The summed E-state index contributed by atoms with van der Waals surface area (Å²) < 4.78 is 27.6. The van der Waals surface area contributed by atoms with Crippen LogP contribution in [0.4, 0.5) is 5.95 Å². The lowest BCUT2D eigenvalue weighted by Gasteiger charge is -2.17. The van der Waals surface area contributed by atoms with Crippen LogP contribution in [-0.2, 0) is 11.2 Å². The highest BCUT2D eigenvalue weighted by atomic mass is 35.5. The number of aryl methyl sites for hydroxylation is 1. The van der Waals surface area contributed by atoms with Crippen LogP contribution in [0, 0.1) is 0 Å². The van der Waals surface area contributed by atoms with Crippen LogP contribution in [0.15, 0.2) is 59.4 Å². The number of furan rings is 1. The zero-order valence-corrected chi connectivity index (χ0v) is 22.0. The van der Waals surface area contributed by atoms with E-state index in [1.54, 1.807) is 32.7 Å². The number of halogens is 1. The van der Waals surface area contributed by atoms with Crippen molar-refractivity contribution in [1.82, 2.24) is 19.7 Å². The predicted octanol–water partition coefficient (Wildman–Crippen LogP) is 5.70. The third-order valence-electron chi connectivity index (χ3n) is 5.88. The smallest absolute Gasteiger partial charge is 0.239 e. The summed E-state index contributed by atoms with van der Waals surface area (Å²) in [6, 6.07) is 11.2. The first-order chi connectivity index (χ1) is 18.2. The number of pyridine rings is 1. The molecule has 0 bridgehead atoms. The number of para-hydroxylation sites is 1. The first kappa shape index (κ1) is 25.2. The van der Waals surface area contributed by atoms with Gasteiger partial charge in [0.25, 0.3) is 0 Å². The van der Waals surface area contributed by atoms with Crippen molar-refractivity contribution in [3.8, 4) is 28.8 Å². The molecule has 0 saturated carbocycles. The number of aromatic nitrogens is 4. The molecule has 9 nitrogen and oxygen atoms in total. The van der Waals surface area contributed by atoms with Crippen LogP contribution in [-0.4, -0.2) is 52.9 Å². The Balaban J connectivity index is 1.39. The molecular formula is C26H26ClN5O4S. The fraction of sp³-hybridized carbons (Fsp3) is 0.269. The number of benzene rings is 1. The summed E-state index contributed by atoms with van der Waals surface area (Å²) in [6.45, 7) is 1.31. The Hall–Kier alpha value is -3.47. The number of ether oxygens (including phenoxy) is 3. The molecule has 0 spiro atoms. The second-order valence-electron chi connectivity index (χ2n) is 8.07. The number of hydrogen-bond donors (Lipinski definition) is 1. The summed E-state index contributed by atoms with van der Waals surface area (Å²) in [5.41, 5.74) is 3.97. The molecule has 4 heterocycles. The van der Waals surface area contributed by atoms with E-state index >= 15 is 0 Å². The van der Waals surface area contributed by atoms with Gasteiger partial charge in [-0.3, -0.25) is 14.3 Å². The van der Waals surface area contributed by atoms with Gasteiger partial charge in [0.2, 0.25) is 11.8 Å². The summed E-state index contributed by atoms with van der Waals surface area (Å²) in [4.78, 5) is 4.61. The molecule has 1 aromatic carbocycles. The van der Waals surface area contributed by atoms with Crippen LogP contribution in [0.2, 0.25) is 5.02 Å². The van der Waals surface area contributed by atoms with E-state index in [1.165, 1.54) is 17.5 Å². The number of hydrogen-bond acceptors (Lipinski definition) is 9. The van der Waals surface area contributed by atoms with E-state index in [1.807, 2.05) is 34.9 Å². The minimum absolute atomic E-state index is 0.510. The molecule has 37 heavy (non-hydrogen) atoms. The predicted molar refractivity (Wildman–Crippen MR) is 145 cm³/mol. The molecule has 0 saturated heterocycles. The molecule has 1 N–H and O–H groups in total. The Labute approximate surface area is 223 Å². The summed E-state index contributed by atoms with van der Waals surface area (Å²) in [6.07, 6.45) is 6.98. The Morgan fingerprint density at radius 2 is 1.97 bits per heavy atom. The molecular weight excluding hydrogens is 514 g/mol. The van der Waals surface area contributed by atoms with Crippen LogP contribution in [0.1, 0.15) is 17.7 Å². The van der Waals surface area contributed by atoms with Crippen LogP contribution >= 0.6 is 23.5 Å². The topological polar surface area (TPSA) is 96.5 Å². The summed E-state index contributed by atoms with van der Waals surface area (Å²) in [5, 5.41) is 9.42. The van der Waals surface area contributed by atoms with Crippen molar-refractivity contribution in [3.63, 3.8) is 0 Å². The van der Waals surface area contributed by atoms with E-state index in [-0.39, 0.29) is 0 Å². The summed E-state index contributed by atoms with van der Waals surface area (Å²) in [7, 11) is 3.23. The van der Waals surface area contributed by atoms with Crippen LogP contribution in [0.3, 0.4) is 0 Å². The van der Waals surface area contributed by atoms with Gasteiger partial charge >= 0.3 is 0 Å².